The molecule has 0 aromatic heterocycles. The zero-order valence-corrected chi connectivity index (χ0v) is 8.19. The SMILES string of the molecule is C#CCC[C](CC#CC)CCC#C. The second-order valence-electron chi connectivity index (χ2n) is 2.76. The summed E-state index contributed by atoms with van der Waals surface area (Å²) in [5.74, 6) is 12.6. The maximum absolute atomic E-state index is 5.19. The summed E-state index contributed by atoms with van der Waals surface area (Å²) in [7, 11) is 0. The Hall–Kier alpha value is -1.32. The van der Waals surface area contributed by atoms with Gasteiger partial charge in [-0.25, -0.2) is 0 Å². The van der Waals surface area contributed by atoms with E-state index in [9.17, 15) is 0 Å². The third-order valence-electron chi connectivity index (χ3n) is 1.76. The first-order valence-electron chi connectivity index (χ1n) is 4.45. The van der Waals surface area contributed by atoms with Crippen LogP contribution in [-0.2, 0) is 0 Å². The van der Waals surface area contributed by atoms with E-state index in [0.29, 0.717) is 0 Å². The Balaban J connectivity index is 3.80. The summed E-state index contributed by atoms with van der Waals surface area (Å²) >= 11 is 0. The molecule has 13 heavy (non-hydrogen) atoms. The number of hydrogen-bond acceptors (Lipinski definition) is 0. The quantitative estimate of drug-likeness (QED) is 0.558. The third-order valence-corrected chi connectivity index (χ3v) is 1.76. The topological polar surface area (TPSA) is 0 Å². The van der Waals surface area contributed by atoms with E-state index in [0.717, 1.165) is 32.1 Å². The second-order valence-corrected chi connectivity index (χ2v) is 2.76. The molecule has 0 amide bonds. The van der Waals surface area contributed by atoms with E-state index in [2.05, 4.69) is 23.7 Å². The van der Waals surface area contributed by atoms with Gasteiger partial charge in [0.1, 0.15) is 0 Å². The fourth-order valence-electron chi connectivity index (χ4n) is 1.01. The van der Waals surface area contributed by atoms with Gasteiger partial charge in [-0.05, 0) is 25.7 Å². The minimum Gasteiger partial charge on any atom is -0.120 e. The number of rotatable bonds is 5. The lowest BCUT2D eigenvalue weighted by molar-refractivity contribution is 0.724. The molecule has 0 aliphatic carbocycles. The highest BCUT2D eigenvalue weighted by Crippen LogP contribution is 2.18. The first kappa shape index (κ1) is 11.7. The van der Waals surface area contributed by atoms with Crippen molar-refractivity contribution in [2.75, 3.05) is 0 Å². The van der Waals surface area contributed by atoms with Gasteiger partial charge in [0, 0.05) is 19.3 Å². The Kier molecular flexibility index (Phi) is 7.88. The smallest absolute Gasteiger partial charge is 0.0152 e. The summed E-state index contributed by atoms with van der Waals surface area (Å²) in [6, 6.07) is 0. The molecule has 0 heterocycles. The Morgan fingerprint density at radius 2 is 1.62 bits per heavy atom. The normalized spacial score (nSPS) is 8.31. The molecule has 0 atom stereocenters. The minimum absolute atomic E-state index is 0.797. The first-order chi connectivity index (χ1) is 6.35. The van der Waals surface area contributed by atoms with Crippen molar-refractivity contribution in [3.05, 3.63) is 5.92 Å². The molecule has 0 nitrogen and oxygen atoms in total. The van der Waals surface area contributed by atoms with Gasteiger partial charge >= 0.3 is 0 Å². The molecular weight excluding hydrogens is 156 g/mol. The van der Waals surface area contributed by atoms with Gasteiger partial charge in [-0.3, -0.25) is 0 Å². The fourth-order valence-corrected chi connectivity index (χ4v) is 1.01. The van der Waals surface area contributed by atoms with Crippen LogP contribution in [0, 0.1) is 42.4 Å². The van der Waals surface area contributed by atoms with Crippen LogP contribution in [0.25, 0.3) is 0 Å². The van der Waals surface area contributed by atoms with Gasteiger partial charge in [-0.2, -0.15) is 0 Å². The van der Waals surface area contributed by atoms with Crippen LogP contribution < -0.4 is 0 Å². The Morgan fingerprint density at radius 1 is 1.08 bits per heavy atom. The van der Waals surface area contributed by atoms with Crippen LogP contribution in [0.4, 0.5) is 0 Å². The van der Waals surface area contributed by atoms with Crippen LogP contribution in [0.15, 0.2) is 0 Å². The van der Waals surface area contributed by atoms with Crippen molar-refractivity contribution >= 4 is 0 Å². The molecule has 0 saturated heterocycles. The second kappa shape index (κ2) is 8.77. The van der Waals surface area contributed by atoms with E-state index in [1.165, 1.54) is 5.92 Å². The summed E-state index contributed by atoms with van der Waals surface area (Å²) in [4.78, 5) is 0. The van der Waals surface area contributed by atoms with Crippen LogP contribution in [0.3, 0.4) is 0 Å². The van der Waals surface area contributed by atoms with Gasteiger partial charge < -0.3 is 0 Å². The molecule has 0 aromatic rings. The van der Waals surface area contributed by atoms with E-state index in [1.807, 2.05) is 6.92 Å². The molecule has 0 N–H and O–H groups in total. The van der Waals surface area contributed by atoms with Crippen molar-refractivity contribution in [3.63, 3.8) is 0 Å². The van der Waals surface area contributed by atoms with Crippen molar-refractivity contribution in [1.82, 2.24) is 0 Å². The average Bonchev–Trinajstić information content (AvgIpc) is 2.17. The van der Waals surface area contributed by atoms with E-state index < -0.39 is 0 Å². The van der Waals surface area contributed by atoms with Crippen molar-refractivity contribution < 1.29 is 0 Å². The zero-order chi connectivity index (χ0) is 9.94. The summed E-state index contributed by atoms with van der Waals surface area (Å²) in [5, 5.41) is 0. The van der Waals surface area contributed by atoms with Crippen LogP contribution in [0.5, 0.6) is 0 Å². The Labute approximate surface area is 82.1 Å². The molecule has 0 aliphatic heterocycles. The van der Waals surface area contributed by atoms with Gasteiger partial charge in [0.25, 0.3) is 0 Å². The molecular formula is C13H15. The van der Waals surface area contributed by atoms with Crippen molar-refractivity contribution in [1.29, 1.82) is 0 Å². The van der Waals surface area contributed by atoms with Crippen molar-refractivity contribution in [3.8, 4) is 36.5 Å². The average molecular weight is 171 g/mol. The molecule has 0 bridgehead atoms. The van der Waals surface area contributed by atoms with Crippen LogP contribution in [-0.4, -0.2) is 0 Å². The number of terminal acetylenes is 2. The summed E-state index contributed by atoms with van der Waals surface area (Å²) in [6.07, 6.45) is 14.8. The van der Waals surface area contributed by atoms with Gasteiger partial charge in [0.15, 0.2) is 0 Å². The summed E-state index contributed by atoms with van der Waals surface area (Å²) < 4.78 is 0. The lowest BCUT2D eigenvalue weighted by atomic mass is 9.95. The lowest BCUT2D eigenvalue weighted by Gasteiger charge is -2.09. The van der Waals surface area contributed by atoms with Crippen LogP contribution in [0.2, 0.25) is 0 Å². The largest absolute Gasteiger partial charge is 0.120 e. The van der Waals surface area contributed by atoms with E-state index in [-0.39, 0.29) is 0 Å². The van der Waals surface area contributed by atoms with Crippen LogP contribution >= 0.6 is 0 Å². The monoisotopic (exact) mass is 171 g/mol. The molecule has 67 valence electrons. The molecule has 0 aromatic carbocycles. The highest BCUT2D eigenvalue weighted by atomic mass is 14.1. The molecule has 0 saturated carbocycles. The molecule has 0 rings (SSSR count). The highest BCUT2D eigenvalue weighted by Gasteiger charge is 2.05. The van der Waals surface area contributed by atoms with Gasteiger partial charge in [-0.15, -0.1) is 36.5 Å². The highest BCUT2D eigenvalue weighted by molar-refractivity contribution is 5.08. The fraction of sp³-hybridized carbons (Fsp3) is 0.462. The Bertz CT molecular complexity index is 230. The van der Waals surface area contributed by atoms with Gasteiger partial charge in [0.2, 0.25) is 0 Å². The summed E-state index contributed by atoms with van der Waals surface area (Å²) in [6.45, 7) is 1.85. The molecule has 1 radical (unpaired) electrons. The Morgan fingerprint density at radius 3 is 2.00 bits per heavy atom. The summed E-state index contributed by atoms with van der Waals surface area (Å²) in [5.41, 5.74) is 0. The van der Waals surface area contributed by atoms with Gasteiger partial charge in [0.05, 0.1) is 0 Å². The van der Waals surface area contributed by atoms with Crippen molar-refractivity contribution in [2.24, 2.45) is 0 Å². The predicted molar refractivity (Wildman–Crippen MR) is 57.4 cm³/mol. The maximum atomic E-state index is 5.19. The van der Waals surface area contributed by atoms with E-state index in [4.69, 9.17) is 12.8 Å². The van der Waals surface area contributed by atoms with Gasteiger partial charge in [-0.1, -0.05) is 0 Å². The standard InChI is InChI=1S/C13H15/c1-4-7-10-13(11-8-5-2)12-9-6-3/h1-2H,7-8,10-12H2,3H3. The van der Waals surface area contributed by atoms with E-state index >= 15 is 0 Å². The van der Waals surface area contributed by atoms with E-state index in [1.54, 1.807) is 0 Å². The molecule has 0 spiro atoms. The molecule has 0 heteroatoms. The predicted octanol–water partition coefficient (Wildman–Crippen LogP) is 2.80. The molecule has 0 aliphatic rings. The minimum atomic E-state index is 0.797. The first-order valence-corrected chi connectivity index (χ1v) is 4.45. The molecule has 0 unspecified atom stereocenters. The maximum Gasteiger partial charge on any atom is 0.0152 e. The molecule has 0 fully saturated rings. The van der Waals surface area contributed by atoms with Crippen molar-refractivity contribution in [2.45, 2.75) is 39.0 Å². The lowest BCUT2D eigenvalue weighted by Crippen LogP contribution is -1.95. The van der Waals surface area contributed by atoms with Crippen LogP contribution in [0.1, 0.15) is 39.0 Å². The zero-order valence-electron chi connectivity index (χ0n) is 8.19. The number of hydrogen-bond donors (Lipinski definition) is 0. The third kappa shape index (κ3) is 7.05.